The van der Waals surface area contributed by atoms with Crippen molar-refractivity contribution in [2.24, 2.45) is 0 Å². The minimum absolute atomic E-state index is 0.412. The van der Waals surface area contributed by atoms with Gasteiger partial charge in [0.15, 0.2) is 9.84 Å². The normalized spacial score (nSPS) is 20.9. The number of hydrogen-bond donors (Lipinski definition) is 0. The molecule has 1 aliphatic rings. The van der Waals surface area contributed by atoms with Gasteiger partial charge in [0.25, 0.3) is 0 Å². The maximum atomic E-state index is 11.9. The van der Waals surface area contributed by atoms with Gasteiger partial charge in [0.1, 0.15) is 11.1 Å². The molecule has 1 saturated heterocycles. The van der Waals surface area contributed by atoms with Crippen LogP contribution in [0.1, 0.15) is 5.56 Å². The van der Waals surface area contributed by atoms with Gasteiger partial charge >= 0.3 is 0 Å². The molecule has 0 bridgehead atoms. The molecule has 20 heavy (non-hydrogen) atoms. The summed E-state index contributed by atoms with van der Waals surface area (Å²) >= 11 is 5.14. The molecule has 0 saturated carbocycles. The molecule has 1 fully saturated rings. The zero-order chi connectivity index (χ0) is 14.8. The van der Waals surface area contributed by atoms with Gasteiger partial charge in [0.2, 0.25) is 0 Å². The summed E-state index contributed by atoms with van der Waals surface area (Å²) < 4.78 is 30.2. The van der Waals surface area contributed by atoms with Crippen molar-refractivity contribution in [2.45, 2.75) is 11.9 Å². The van der Waals surface area contributed by atoms with Crippen LogP contribution in [-0.2, 0) is 16.4 Å². The summed E-state index contributed by atoms with van der Waals surface area (Å²) in [5, 5.41) is -0.412. The zero-order valence-electron chi connectivity index (χ0n) is 11.5. The number of benzene rings is 1. The van der Waals surface area contributed by atoms with E-state index in [1.807, 2.05) is 23.1 Å². The van der Waals surface area contributed by atoms with Crippen molar-refractivity contribution >= 4 is 37.5 Å². The van der Waals surface area contributed by atoms with E-state index in [0.29, 0.717) is 12.3 Å². The molecule has 0 radical (unpaired) electrons. The third-order valence-corrected chi connectivity index (χ3v) is 6.48. The van der Waals surface area contributed by atoms with E-state index in [1.165, 1.54) is 6.26 Å². The van der Waals surface area contributed by atoms with Crippen LogP contribution in [0, 0.1) is 0 Å². The van der Waals surface area contributed by atoms with E-state index < -0.39 is 15.2 Å². The van der Waals surface area contributed by atoms with E-state index in [4.69, 9.17) is 4.74 Å². The summed E-state index contributed by atoms with van der Waals surface area (Å²) in [7, 11) is -1.44. The Bertz CT molecular complexity index is 577. The van der Waals surface area contributed by atoms with Crippen LogP contribution in [0.25, 0.3) is 0 Å². The van der Waals surface area contributed by atoms with Gasteiger partial charge in [0, 0.05) is 40.9 Å². The number of ether oxygens (including phenoxy) is 1. The predicted octanol–water partition coefficient (Wildman–Crippen LogP) is 2.38. The minimum Gasteiger partial charge on any atom is -0.496 e. The Morgan fingerprint density at radius 3 is 2.90 bits per heavy atom. The fourth-order valence-electron chi connectivity index (χ4n) is 2.28. The second-order valence-electron chi connectivity index (χ2n) is 4.79. The van der Waals surface area contributed by atoms with Gasteiger partial charge in [-0.05, 0) is 18.2 Å². The van der Waals surface area contributed by atoms with Gasteiger partial charge < -0.3 is 4.74 Å². The van der Waals surface area contributed by atoms with E-state index in [0.717, 1.165) is 28.1 Å². The lowest BCUT2D eigenvalue weighted by Gasteiger charge is -2.34. The lowest BCUT2D eigenvalue weighted by Crippen LogP contribution is -2.46. The summed E-state index contributed by atoms with van der Waals surface area (Å²) in [6.07, 6.45) is 1.31. The molecule has 1 heterocycles. The molecular formula is C13H18BrNO3S2. The largest absolute Gasteiger partial charge is 0.496 e. The van der Waals surface area contributed by atoms with E-state index in [9.17, 15) is 8.42 Å². The van der Waals surface area contributed by atoms with Crippen LogP contribution in [0.15, 0.2) is 22.7 Å². The number of rotatable bonds is 4. The number of methoxy groups -OCH3 is 1. The summed E-state index contributed by atoms with van der Waals surface area (Å²) in [6.45, 7) is 1.36. The number of nitrogens with zero attached hydrogens (tertiary/aromatic N) is 1. The molecule has 1 unspecified atom stereocenters. The first-order valence-electron chi connectivity index (χ1n) is 6.25. The maximum absolute atomic E-state index is 11.9. The van der Waals surface area contributed by atoms with Crippen molar-refractivity contribution in [2.75, 3.05) is 31.4 Å². The molecule has 1 aromatic carbocycles. The molecule has 0 amide bonds. The molecular weight excluding hydrogens is 362 g/mol. The summed E-state index contributed by atoms with van der Waals surface area (Å²) in [5.41, 5.74) is 1.00. The highest BCUT2D eigenvalue weighted by Crippen LogP contribution is 2.28. The van der Waals surface area contributed by atoms with Crippen LogP contribution in [0.4, 0.5) is 0 Å². The molecule has 4 nitrogen and oxygen atoms in total. The van der Waals surface area contributed by atoms with Crippen molar-refractivity contribution in [1.29, 1.82) is 0 Å². The Kier molecular flexibility index (Phi) is 5.39. The van der Waals surface area contributed by atoms with Crippen molar-refractivity contribution in [3.05, 3.63) is 28.2 Å². The lowest BCUT2D eigenvalue weighted by molar-refractivity contribution is 0.257. The quantitative estimate of drug-likeness (QED) is 0.803. The predicted molar refractivity (Wildman–Crippen MR) is 87.1 cm³/mol. The molecule has 0 spiro atoms. The van der Waals surface area contributed by atoms with Gasteiger partial charge in [-0.15, -0.1) is 0 Å². The molecule has 0 N–H and O–H groups in total. The second kappa shape index (κ2) is 6.68. The Labute approximate surface area is 132 Å². The minimum atomic E-state index is -3.07. The Balaban J connectivity index is 2.25. The first kappa shape index (κ1) is 16.1. The number of sulfone groups is 1. The van der Waals surface area contributed by atoms with Crippen molar-refractivity contribution in [3.63, 3.8) is 0 Å². The average Bonchev–Trinajstić information content (AvgIpc) is 2.38. The van der Waals surface area contributed by atoms with E-state index in [2.05, 4.69) is 15.9 Å². The third-order valence-electron chi connectivity index (χ3n) is 3.30. The molecule has 0 aromatic heterocycles. The first-order chi connectivity index (χ1) is 9.41. The van der Waals surface area contributed by atoms with Crippen LogP contribution < -0.4 is 4.74 Å². The fraction of sp³-hybridized carbons (Fsp3) is 0.538. The van der Waals surface area contributed by atoms with Gasteiger partial charge in [-0.3, -0.25) is 4.90 Å². The SMILES string of the molecule is COc1ccc(Br)cc1CN1CCSCC1S(C)(=O)=O. The summed E-state index contributed by atoms with van der Waals surface area (Å²) in [4.78, 5) is 2.02. The van der Waals surface area contributed by atoms with Crippen molar-refractivity contribution < 1.29 is 13.2 Å². The van der Waals surface area contributed by atoms with E-state index >= 15 is 0 Å². The first-order valence-corrected chi connectivity index (χ1v) is 10.1. The van der Waals surface area contributed by atoms with Crippen LogP contribution in [-0.4, -0.2) is 50.1 Å². The Morgan fingerprint density at radius 1 is 1.50 bits per heavy atom. The fourth-order valence-corrected chi connectivity index (χ4v) is 5.63. The van der Waals surface area contributed by atoms with Crippen LogP contribution in [0.2, 0.25) is 0 Å². The third kappa shape index (κ3) is 3.90. The molecule has 112 valence electrons. The van der Waals surface area contributed by atoms with Crippen LogP contribution >= 0.6 is 27.7 Å². The number of halogens is 1. The number of hydrogen-bond acceptors (Lipinski definition) is 5. The molecule has 1 aliphatic heterocycles. The van der Waals surface area contributed by atoms with Gasteiger partial charge in [-0.1, -0.05) is 15.9 Å². The van der Waals surface area contributed by atoms with Gasteiger partial charge in [0.05, 0.1) is 7.11 Å². The lowest BCUT2D eigenvalue weighted by atomic mass is 10.2. The molecule has 1 atom stereocenters. The smallest absolute Gasteiger partial charge is 0.164 e. The molecule has 2 rings (SSSR count). The monoisotopic (exact) mass is 379 g/mol. The molecule has 7 heteroatoms. The Morgan fingerprint density at radius 2 is 2.25 bits per heavy atom. The number of thioether (sulfide) groups is 1. The van der Waals surface area contributed by atoms with Gasteiger partial charge in [-0.25, -0.2) is 8.42 Å². The van der Waals surface area contributed by atoms with Gasteiger partial charge in [-0.2, -0.15) is 11.8 Å². The topological polar surface area (TPSA) is 46.6 Å². The van der Waals surface area contributed by atoms with Crippen molar-refractivity contribution in [3.8, 4) is 5.75 Å². The molecule has 1 aromatic rings. The average molecular weight is 380 g/mol. The summed E-state index contributed by atoms with van der Waals surface area (Å²) in [5.74, 6) is 2.39. The Hall–Kier alpha value is -0.240. The van der Waals surface area contributed by atoms with E-state index in [-0.39, 0.29) is 0 Å². The van der Waals surface area contributed by atoms with Crippen LogP contribution in [0.5, 0.6) is 5.75 Å². The highest BCUT2D eigenvalue weighted by atomic mass is 79.9. The van der Waals surface area contributed by atoms with Crippen molar-refractivity contribution in [1.82, 2.24) is 4.90 Å². The second-order valence-corrected chi connectivity index (χ2v) is 9.05. The standard InChI is InChI=1S/C13H18BrNO3S2/c1-18-12-4-3-11(14)7-10(12)8-15-5-6-19-9-13(15)20(2,16)17/h3-4,7,13H,5-6,8-9H2,1-2H3. The van der Waals surface area contributed by atoms with E-state index in [1.54, 1.807) is 18.9 Å². The summed E-state index contributed by atoms with van der Waals surface area (Å²) in [6, 6.07) is 5.80. The highest BCUT2D eigenvalue weighted by molar-refractivity contribution is 9.10. The zero-order valence-corrected chi connectivity index (χ0v) is 14.7. The highest BCUT2D eigenvalue weighted by Gasteiger charge is 2.31. The molecule has 0 aliphatic carbocycles. The van der Waals surface area contributed by atoms with Crippen LogP contribution in [0.3, 0.4) is 0 Å². The maximum Gasteiger partial charge on any atom is 0.164 e.